The fraction of sp³-hybridized carbons (Fsp3) is 0.200. The summed E-state index contributed by atoms with van der Waals surface area (Å²) in [5.41, 5.74) is 3.30. The summed E-state index contributed by atoms with van der Waals surface area (Å²) in [6.45, 7) is 0. The van der Waals surface area contributed by atoms with E-state index in [1.54, 1.807) is 5.38 Å². The quantitative estimate of drug-likeness (QED) is 0.526. The number of hydrogen-bond donors (Lipinski definition) is 1. The first-order valence-electron chi connectivity index (χ1n) is 9.33. The van der Waals surface area contributed by atoms with Gasteiger partial charge in [0.05, 0.1) is 10.6 Å². The number of rotatable bonds is 7. The number of nitriles is 1. The zero-order chi connectivity index (χ0) is 21.8. The molecule has 0 aliphatic heterocycles. The molecule has 0 saturated carbocycles. The summed E-state index contributed by atoms with van der Waals surface area (Å²) < 4.78 is 28.3. The Balaban J connectivity index is 1.37. The van der Waals surface area contributed by atoms with Crippen molar-refractivity contribution in [2.75, 3.05) is 11.1 Å². The monoisotopic (exact) mass is 471 g/mol. The number of hydrogen-bond acceptors (Lipinski definition) is 7. The van der Waals surface area contributed by atoms with Crippen molar-refractivity contribution in [3.05, 3.63) is 63.5 Å². The number of aromatic amines is 1. The van der Waals surface area contributed by atoms with E-state index in [2.05, 4.69) is 26.1 Å². The third-order valence-electron chi connectivity index (χ3n) is 4.61. The van der Waals surface area contributed by atoms with Crippen molar-refractivity contribution in [1.82, 2.24) is 4.98 Å². The predicted octanol–water partition coefficient (Wildman–Crippen LogP) is 3.44. The van der Waals surface area contributed by atoms with Gasteiger partial charge in [-0.3, -0.25) is 4.79 Å². The van der Waals surface area contributed by atoms with Crippen LogP contribution in [0.2, 0.25) is 0 Å². The number of thioether (sulfide) groups is 1. The SMILES string of the molecule is N#Cc1cc2c([nH+]c1SCC(=O)Nc1ccc(S(=O)(=O)[N-]c3nccs3)cc1)CCC2. The highest BCUT2D eigenvalue weighted by molar-refractivity contribution is 7.99. The van der Waals surface area contributed by atoms with E-state index in [0.29, 0.717) is 16.3 Å². The van der Waals surface area contributed by atoms with Crippen LogP contribution in [-0.2, 0) is 27.7 Å². The van der Waals surface area contributed by atoms with Crippen molar-refractivity contribution in [2.24, 2.45) is 0 Å². The van der Waals surface area contributed by atoms with Crippen LogP contribution >= 0.6 is 23.1 Å². The van der Waals surface area contributed by atoms with Crippen molar-refractivity contribution in [3.8, 4) is 6.07 Å². The molecule has 2 aromatic heterocycles. The number of carbonyl (C=O) groups excluding carboxylic acids is 1. The van der Waals surface area contributed by atoms with Gasteiger partial charge in [0.2, 0.25) is 15.9 Å². The van der Waals surface area contributed by atoms with Gasteiger partial charge in [0.15, 0.2) is 5.69 Å². The van der Waals surface area contributed by atoms with Crippen LogP contribution in [0.5, 0.6) is 0 Å². The maximum Gasteiger partial charge on any atom is 0.257 e. The molecule has 0 fully saturated rings. The molecule has 31 heavy (non-hydrogen) atoms. The number of benzene rings is 1. The minimum Gasteiger partial charge on any atom is -0.433 e. The van der Waals surface area contributed by atoms with Crippen molar-refractivity contribution < 1.29 is 18.2 Å². The molecular weight excluding hydrogens is 454 g/mol. The Kier molecular flexibility index (Phi) is 6.22. The number of aryl methyl sites for hydroxylation is 2. The van der Waals surface area contributed by atoms with Gasteiger partial charge in [-0.15, -0.1) is 0 Å². The average Bonchev–Trinajstić information content (AvgIpc) is 3.43. The van der Waals surface area contributed by atoms with E-state index in [0.717, 1.165) is 36.3 Å². The largest absolute Gasteiger partial charge is 0.433 e. The van der Waals surface area contributed by atoms with Crippen LogP contribution in [0, 0.1) is 11.3 Å². The van der Waals surface area contributed by atoms with E-state index < -0.39 is 10.0 Å². The molecule has 0 bridgehead atoms. The highest BCUT2D eigenvalue weighted by Gasteiger charge is 2.23. The number of nitrogens with one attached hydrogen (secondary N) is 2. The number of sulfonamides is 1. The molecule has 0 radical (unpaired) electrons. The molecule has 158 valence electrons. The Morgan fingerprint density at radius 1 is 1.32 bits per heavy atom. The van der Waals surface area contributed by atoms with Gasteiger partial charge in [0.25, 0.3) is 5.03 Å². The van der Waals surface area contributed by atoms with E-state index in [1.165, 1.54) is 47.8 Å². The normalized spacial score (nSPS) is 12.7. The zero-order valence-electron chi connectivity index (χ0n) is 16.2. The second-order valence-corrected chi connectivity index (χ2v) is 10.2. The molecule has 11 heteroatoms. The van der Waals surface area contributed by atoms with Crippen LogP contribution in [0.4, 0.5) is 10.8 Å². The summed E-state index contributed by atoms with van der Waals surface area (Å²) in [5, 5.41) is 14.6. The number of aromatic nitrogens is 2. The molecule has 0 atom stereocenters. The van der Waals surface area contributed by atoms with E-state index >= 15 is 0 Å². The molecule has 2 heterocycles. The van der Waals surface area contributed by atoms with Crippen molar-refractivity contribution in [3.63, 3.8) is 0 Å². The van der Waals surface area contributed by atoms with Crippen molar-refractivity contribution in [1.29, 1.82) is 5.26 Å². The molecule has 1 aliphatic carbocycles. The Hall–Kier alpha value is -2.94. The summed E-state index contributed by atoms with van der Waals surface area (Å²) >= 11 is 2.40. The molecular formula is C20H17N5O3S3. The lowest BCUT2D eigenvalue weighted by molar-refractivity contribution is -0.437. The molecule has 1 aromatic carbocycles. The Labute approximate surface area is 187 Å². The first kappa shape index (κ1) is 21.3. The van der Waals surface area contributed by atoms with E-state index in [4.69, 9.17) is 0 Å². The zero-order valence-corrected chi connectivity index (χ0v) is 18.6. The molecule has 3 aromatic rings. The lowest BCUT2D eigenvalue weighted by atomic mass is 10.2. The summed E-state index contributed by atoms with van der Waals surface area (Å²) in [4.78, 5) is 19.5. The molecule has 8 nitrogen and oxygen atoms in total. The maximum atomic E-state index is 12.3. The molecule has 0 spiro atoms. The van der Waals surface area contributed by atoms with Crippen molar-refractivity contribution in [2.45, 2.75) is 29.2 Å². The number of pyridine rings is 1. The van der Waals surface area contributed by atoms with Crippen molar-refractivity contribution >= 4 is 49.8 Å². The van der Waals surface area contributed by atoms with Gasteiger partial charge in [-0.25, -0.2) is 13.4 Å². The highest BCUT2D eigenvalue weighted by atomic mass is 32.2. The maximum absolute atomic E-state index is 12.3. The first-order valence-corrected chi connectivity index (χ1v) is 12.6. The first-order chi connectivity index (χ1) is 14.9. The lowest BCUT2D eigenvalue weighted by Crippen LogP contribution is -2.19. The minimum absolute atomic E-state index is 0.0153. The summed E-state index contributed by atoms with van der Waals surface area (Å²) in [6.07, 6.45) is 4.46. The third kappa shape index (κ3) is 5.04. The highest BCUT2D eigenvalue weighted by Crippen LogP contribution is 2.30. The number of thiazole rings is 1. The van der Waals surface area contributed by atoms with Gasteiger partial charge in [-0.2, -0.15) is 16.6 Å². The number of fused-ring (bicyclic) bond motifs is 1. The number of nitrogens with zero attached hydrogens (tertiary/aromatic N) is 3. The second-order valence-electron chi connectivity index (χ2n) is 6.72. The number of amides is 1. The van der Waals surface area contributed by atoms with Gasteiger partial charge < -0.3 is 15.0 Å². The van der Waals surface area contributed by atoms with Crippen LogP contribution in [0.3, 0.4) is 0 Å². The minimum atomic E-state index is -3.87. The van der Waals surface area contributed by atoms with E-state index in [1.807, 2.05) is 6.07 Å². The molecule has 1 aliphatic rings. The van der Waals surface area contributed by atoms with E-state index in [9.17, 15) is 18.5 Å². The smallest absolute Gasteiger partial charge is 0.257 e. The van der Waals surface area contributed by atoms with Crippen LogP contribution in [0.15, 0.2) is 51.8 Å². The molecule has 0 unspecified atom stereocenters. The second kappa shape index (κ2) is 9.05. The number of anilines is 1. The average molecular weight is 472 g/mol. The molecule has 0 saturated heterocycles. The van der Waals surface area contributed by atoms with Gasteiger partial charge in [-0.1, -0.05) is 6.20 Å². The topological polar surface area (TPSA) is 128 Å². The van der Waals surface area contributed by atoms with Crippen LogP contribution < -0.4 is 10.3 Å². The summed E-state index contributed by atoms with van der Waals surface area (Å²) in [7, 11) is -3.87. The lowest BCUT2D eigenvalue weighted by Gasteiger charge is -2.12. The van der Waals surface area contributed by atoms with Gasteiger partial charge in [0.1, 0.15) is 11.6 Å². The Morgan fingerprint density at radius 3 is 2.84 bits per heavy atom. The number of carbonyl (C=O) groups is 1. The Morgan fingerprint density at radius 2 is 2.13 bits per heavy atom. The van der Waals surface area contributed by atoms with E-state index in [-0.39, 0.29) is 21.7 Å². The Bertz CT molecular complexity index is 1250. The van der Waals surface area contributed by atoms with Crippen LogP contribution in [0.1, 0.15) is 23.2 Å². The molecule has 2 N–H and O–H groups in total. The fourth-order valence-electron chi connectivity index (χ4n) is 3.17. The summed E-state index contributed by atoms with van der Waals surface area (Å²) in [6, 6.07) is 9.87. The van der Waals surface area contributed by atoms with Gasteiger partial charge >= 0.3 is 0 Å². The van der Waals surface area contributed by atoms with Crippen LogP contribution in [-0.4, -0.2) is 25.1 Å². The molecule has 1 amide bonds. The standard InChI is InChI=1S/C20H17N5O3S3/c21-11-14-10-13-2-1-3-17(13)24-19(14)30-12-18(26)23-15-4-6-16(7-5-15)31(27,28)25-20-22-8-9-29-20/h4-10H,1-3,12H2,(H2,22,23,25,26). The number of H-pyrrole nitrogens is 1. The van der Waals surface area contributed by atoms with Crippen LogP contribution in [0.25, 0.3) is 4.72 Å². The summed E-state index contributed by atoms with van der Waals surface area (Å²) in [5.74, 6) is -0.144. The predicted molar refractivity (Wildman–Crippen MR) is 118 cm³/mol. The third-order valence-corrected chi connectivity index (χ3v) is 7.69. The molecule has 4 rings (SSSR count). The fourth-order valence-corrected chi connectivity index (χ4v) is 5.64. The van der Waals surface area contributed by atoms with Gasteiger partial charge in [-0.05, 0) is 60.3 Å². The van der Waals surface area contributed by atoms with Gasteiger partial charge in [0, 0.05) is 22.8 Å².